The number of thiazole rings is 1. The highest BCUT2D eigenvalue weighted by atomic mass is 32.1. The van der Waals surface area contributed by atoms with Crippen molar-refractivity contribution in [3.63, 3.8) is 0 Å². The molecule has 178 valence electrons. The molecule has 1 aliphatic heterocycles. The molecule has 0 saturated heterocycles. The Hall–Kier alpha value is -4.05. The summed E-state index contributed by atoms with van der Waals surface area (Å²) in [5.74, 6) is -0.601. The summed E-state index contributed by atoms with van der Waals surface area (Å²) in [6, 6.07) is 12.9. The van der Waals surface area contributed by atoms with Crippen LogP contribution in [0.5, 0.6) is 5.75 Å². The van der Waals surface area contributed by atoms with E-state index in [1.165, 1.54) is 11.3 Å². The number of methoxy groups -OCH3 is 1. The van der Waals surface area contributed by atoms with Crippen LogP contribution in [0, 0.1) is 12.8 Å². The van der Waals surface area contributed by atoms with Crippen LogP contribution in [-0.4, -0.2) is 50.5 Å². The summed E-state index contributed by atoms with van der Waals surface area (Å²) in [7, 11) is 1.60. The number of aryl methyl sites for hydroxylation is 1. The van der Waals surface area contributed by atoms with E-state index in [0.717, 1.165) is 20.9 Å². The second kappa shape index (κ2) is 8.62. The van der Waals surface area contributed by atoms with Crippen LogP contribution in [0.25, 0.3) is 15.3 Å². The van der Waals surface area contributed by atoms with Crippen molar-refractivity contribution >= 4 is 45.1 Å². The zero-order valence-corrected chi connectivity index (χ0v) is 20.4. The van der Waals surface area contributed by atoms with Crippen LogP contribution in [0.3, 0.4) is 0 Å². The normalized spacial score (nSPS) is 14.0. The second-order valence-electron chi connectivity index (χ2n) is 8.62. The average Bonchev–Trinajstić information content (AvgIpc) is 3.49. The molecule has 0 saturated carbocycles. The fourth-order valence-electron chi connectivity index (χ4n) is 4.22. The monoisotopic (exact) mass is 489 g/mol. The maximum absolute atomic E-state index is 13.5. The van der Waals surface area contributed by atoms with Gasteiger partial charge >= 0.3 is 0 Å². The second-order valence-corrected chi connectivity index (χ2v) is 9.63. The van der Waals surface area contributed by atoms with Gasteiger partial charge in [-0.3, -0.25) is 19.3 Å². The van der Waals surface area contributed by atoms with Crippen LogP contribution in [0.2, 0.25) is 0 Å². The third-order valence-corrected chi connectivity index (χ3v) is 6.85. The molecule has 9 nitrogen and oxygen atoms in total. The van der Waals surface area contributed by atoms with Crippen molar-refractivity contribution in [2.24, 2.45) is 5.92 Å². The zero-order valence-electron chi connectivity index (χ0n) is 19.6. The summed E-state index contributed by atoms with van der Waals surface area (Å²) < 4.78 is 7.77. The first-order valence-corrected chi connectivity index (χ1v) is 11.9. The molecule has 10 heteroatoms. The molecule has 35 heavy (non-hydrogen) atoms. The number of hydrogen-bond acceptors (Lipinski definition) is 7. The third-order valence-electron chi connectivity index (χ3n) is 5.85. The van der Waals surface area contributed by atoms with E-state index in [0.29, 0.717) is 27.8 Å². The number of carbonyl (C=O) groups excluding carboxylic acids is 3. The minimum absolute atomic E-state index is 0.307. The van der Waals surface area contributed by atoms with Gasteiger partial charge in [-0.05, 0) is 43.2 Å². The van der Waals surface area contributed by atoms with Crippen molar-refractivity contribution in [3.8, 4) is 10.9 Å². The number of anilines is 1. The van der Waals surface area contributed by atoms with Crippen molar-refractivity contribution in [2.45, 2.75) is 26.8 Å². The summed E-state index contributed by atoms with van der Waals surface area (Å²) in [6.45, 7) is 5.42. The molecule has 4 aromatic rings. The van der Waals surface area contributed by atoms with Crippen molar-refractivity contribution in [3.05, 3.63) is 65.4 Å². The molecule has 2 aromatic carbocycles. The van der Waals surface area contributed by atoms with Crippen LogP contribution in [-0.2, 0) is 4.79 Å². The molecule has 3 heterocycles. The number of amides is 3. The molecule has 0 spiro atoms. The Bertz CT molecular complexity index is 1450. The largest absolute Gasteiger partial charge is 0.497 e. The number of carbonyl (C=O) groups is 3. The molecule has 0 bridgehead atoms. The lowest BCUT2D eigenvalue weighted by atomic mass is 10.0. The van der Waals surface area contributed by atoms with E-state index in [4.69, 9.17) is 4.74 Å². The highest BCUT2D eigenvalue weighted by Crippen LogP contribution is 2.31. The van der Waals surface area contributed by atoms with E-state index >= 15 is 0 Å². The molecule has 1 atom stereocenters. The predicted molar refractivity (Wildman–Crippen MR) is 132 cm³/mol. The van der Waals surface area contributed by atoms with Gasteiger partial charge in [0, 0.05) is 6.07 Å². The van der Waals surface area contributed by atoms with Crippen LogP contribution in [0.4, 0.5) is 5.82 Å². The molecule has 0 radical (unpaired) electrons. The maximum atomic E-state index is 13.5. The highest BCUT2D eigenvalue weighted by Gasteiger charge is 2.44. The van der Waals surface area contributed by atoms with Gasteiger partial charge in [-0.25, -0.2) is 4.98 Å². The molecule has 2 aromatic heterocycles. The Labute approximate surface area is 205 Å². The molecule has 0 aliphatic carbocycles. The van der Waals surface area contributed by atoms with Gasteiger partial charge < -0.3 is 10.1 Å². The molecule has 0 fully saturated rings. The Kier molecular flexibility index (Phi) is 5.60. The number of ether oxygens (including phenoxy) is 1. The number of aromatic nitrogens is 3. The summed E-state index contributed by atoms with van der Waals surface area (Å²) in [4.78, 5) is 45.3. The number of benzene rings is 2. The lowest BCUT2D eigenvalue weighted by Gasteiger charge is -2.28. The first kappa shape index (κ1) is 22.7. The van der Waals surface area contributed by atoms with E-state index in [2.05, 4.69) is 15.4 Å². The van der Waals surface area contributed by atoms with E-state index in [-0.39, 0.29) is 5.92 Å². The van der Waals surface area contributed by atoms with Gasteiger partial charge in [0.2, 0.25) is 11.0 Å². The standard InChI is InChI=1S/C25H23N5O4S/c1-13(2)21(29-23(32)16-7-5-6-8-17(16)24(29)33)22(31)27-20-11-14(3)28-30(20)25-26-18-10-9-15(34-4)12-19(18)35-25/h5-13,21H,1-4H3,(H,27,31). The van der Waals surface area contributed by atoms with Gasteiger partial charge in [0.25, 0.3) is 11.8 Å². The SMILES string of the molecule is COc1ccc2nc(-n3nc(C)cc3NC(=O)C(C(C)C)N3C(=O)c4ccccc4C3=O)sc2c1. The molecule has 1 aliphatic rings. The molecular weight excluding hydrogens is 466 g/mol. The fraction of sp³-hybridized carbons (Fsp3) is 0.240. The van der Waals surface area contributed by atoms with E-state index in [1.807, 2.05) is 25.1 Å². The van der Waals surface area contributed by atoms with Crippen LogP contribution in [0.1, 0.15) is 40.3 Å². The Morgan fingerprint density at radius 3 is 2.37 bits per heavy atom. The van der Waals surface area contributed by atoms with Crippen molar-refractivity contribution < 1.29 is 19.1 Å². The molecule has 1 unspecified atom stereocenters. The van der Waals surface area contributed by atoms with Crippen molar-refractivity contribution in [2.75, 3.05) is 12.4 Å². The van der Waals surface area contributed by atoms with Crippen molar-refractivity contribution in [1.29, 1.82) is 0 Å². The van der Waals surface area contributed by atoms with Gasteiger partial charge in [0.1, 0.15) is 17.6 Å². The summed E-state index contributed by atoms with van der Waals surface area (Å²) >= 11 is 1.41. The summed E-state index contributed by atoms with van der Waals surface area (Å²) in [5.41, 5.74) is 2.07. The van der Waals surface area contributed by atoms with Gasteiger partial charge in [-0.2, -0.15) is 9.78 Å². The minimum Gasteiger partial charge on any atom is -0.497 e. The number of fused-ring (bicyclic) bond motifs is 2. The Morgan fingerprint density at radius 1 is 1.06 bits per heavy atom. The Balaban J connectivity index is 1.47. The van der Waals surface area contributed by atoms with Crippen LogP contribution < -0.4 is 10.1 Å². The van der Waals surface area contributed by atoms with Gasteiger partial charge in [-0.15, -0.1) is 0 Å². The smallest absolute Gasteiger partial charge is 0.262 e. The minimum atomic E-state index is -0.995. The Morgan fingerprint density at radius 2 is 1.74 bits per heavy atom. The molecular formula is C25H23N5O4S. The quantitative estimate of drug-likeness (QED) is 0.410. The van der Waals surface area contributed by atoms with E-state index in [9.17, 15) is 14.4 Å². The fourth-order valence-corrected chi connectivity index (χ4v) is 5.18. The first-order valence-electron chi connectivity index (χ1n) is 11.1. The predicted octanol–water partition coefficient (Wildman–Crippen LogP) is 4.06. The first-order chi connectivity index (χ1) is 16.8. The van der Waals surface area contributed by atoms with Gasteiger partial charge in [0.15, 0.2) is 0 Å². The highest BCUT2D eigenvalue weighted by molar-refractivity contribution is 7.20. The van der Waals surface area contributed by atoms with Crippen LogP contribution in [0.15, 0.2) is 48.5 Å². The average molecular weight is 490 g/mol. The summed E-state index contributed by atoms with van der Waals surface area (Å²) in [6.07, 6.45) is 0. The van der Waals surface area contributed by atoms with E-state index in [1.54, 1.807) is 56.0 Å². The number of rotatable bonds is 6. The molecule has 5 rings (SSSR count). The number of hydrogen-bond donors (Lipinski definition) is 1. The number of nitrogens with one attached hydrogen (secondary N) is 1. The number of imide groups is 1. The van der Waals surface area contributed by atoms with Gasteiger partial charge in [-0.1, -0.05) is 37.3 Å². The van der Waals surface area contributed by atoms with E-state index < -0.39 is 23.8 Å². The lowest BCUT2D eigenvalue weighted by Crippen LogP contribution is -2.50. The topological polar surface area (TPSA) is 106 Å². The van der Waals surface area contributed by atoms with Gasteiger partial charge in [0.05, 0.1) is 34.1 Å². The van der Waals surface area contributed by atoms with Crippen molar-refractivity contribution in [1.82, 2.24) is 19.7 Å². The number of nitrogens with zero attached hydrogens (tertiary/aromatic N) is 4. The maximum Gasteiger partial charge on any atom is 0.262 e. The lowest BCUT2D eigenvalue weighted by molar-refractivity contribution is -0.121. The third kappa shape index (κ3) is 3.85. The summed E-state index contributed by atoms with van der Waals surface area (Å²) in [5, 5.41) is 7.96. The van der Waals surface area contributed by atoms with Crippen LogP contribution >= 0.6 is 11.3 Å². The zero-order chi connectivity index (χ0) is 24.9. The molecule has 1 N–H and O–H groups in total. The molecule has 3 amide bonds.